The number of hydrogen-bond donors (Lipinski definition) is 0. The molecule has 6 aromatic rings. The predicted molar refractivity (Wildman–Crippen MR) is 146 cm³/mol. The van der Waals surface area contributed by atoms with Gasteiger partial charge in [0.05, 0.1) is 5.69 Å². The van der Waals surface area contributed by atoms with E-state index in [1.54, 1.807) is 0 Å². The highest BCUT2D eigenvalue weighted by atomic mass is 16.3. The second-order valence-electron chi connectivity index (χ2n) is 9.48. The summed E-state index contributed by atoms with van der Waals surface area (Å²) in [6.45, 7) is 6.51. The molecule has 0 aliphatic heterocycles. The molecular weight excluding hydrogens is 426 g/mol. The molecule has 0 aliphatic carbocycles. The fourth-order valence-corrected chi connectivity index (χ4v) is 5.36. The smallest absolute Gasteiger partial charge is 0.144 e. The Morgan fingerprint density at radius 2 is 1.49 bits per heavy atom. The highest BCUT2D eigenvalue weighted by Crippen LogP contribution is 2.37. The van der Waals surface area contributed by atoms with Crippen molar-refractivity contribution in [3.05, 3.63) is 125 Å². The second kappa shape index (κ2) is 8.56. The van der Waals surface area contributed by atoms with Crippen molar-refractivity contribution in [2.45, 2.75) is 27.2 Å². The van der Waals surface area contributed by atoms with E-state index in [4.69, 9.17) is 9.40 Å². The van der Waals surface area contributed by atoms with Crippen molar-refractivity contribution in [2.75, 3.05) is 0 Å². The first-order chi connectivity index (χ1) is 17.1. The molecule has 2 aromatic heterocycles. The zero-order valence-electron chi connectivity index (χ0n) is 20.3. The molecule has 0 bridgehead atoms. The number of fused-ring (bicyclic) bond motifs is 3. The molecule has 0 saturated heterocycles. The third kappa shape index (κ3) is 3.91. The summed E-state index contributed by atoms with van der Waals surface area (Å²) in [4.78, 5) is 4.75. The molecule has 6 rings (SSSR count). The summed E-state index contributed by atoms with van der Waals surface area (Å²) in [6.07, 6.45) is 2.81. The number of aryl methyl sites for hydroxylation is 3. The molecule has 2 heterocycles. The van der Waals surface area contributed by atoms with Gasteiger partial charge in [0, 0.05) is 22.5 Å². The molecule has 0 aliphatic rings. The van der Waals surface area contributed by atoms with Gasteiger partial charge in [0.2, 0.25) is 0 Å². The zero-order chi connectivity index (χ0) is 23.9. The van der Waals surface area contributed by atoms with Crippen LogP contribution < -0.4 is 0 Å². The van der Waals surface area contributed by atoms with Gasteiger partial charge in [0.25, 0.3) is 0 Å². The van der Waals surface area contributed by atoms with Crippen LogP contribution in [0.5, 0.6) is 0 Å². The molecule has 2 nitrogen and oxygen atoms in total. The lowest BCUT2D eigenvalue weighted by atomic mass is 9.93. The summed E-state index contributed by atoms with van der Waals surface area (Å²) in [5.41, 5.74) is 12.7. The van der Waals surface area contributed by atoms with Crippen molar-refractivity contribution in [2.24, 2.45) is 0 Å². The molecule has 0 fully saturated rings. The molecule has 4 aromatic carbocycles. The molecular formula is C33H27NO. The summed E-state index contributed by atoms with van der Waals surface area (Å²) >= 11 is 0. The van der Waals surface area contributed by atoms with Crippen LogP contribution in [0.3, 0.4) is 0 Å². The molecule has 0 N–H and O–H groups in total. The first-order valence-corrected chi connectivity index (χ1v) is 12.1. The van der Waals surface area contributed by atoms with E-state index in [0.717, 1.165) is 39.6 Å². The van der Waals surface area contributed by atoms with Gasteiger partial charge in [-0.25, -0.2) is 0 Å². The zero-order valence-corrected chi connectivity index (χ0v) is 20.3. The van der Waals surface area contributed by atoms with Gasteiger partial charge in [0.15, 0.2) is 0 Å². The van der Waals surface area contributed by atoms with Crippen LogP contribution in [0.1, 0.15) is 27.8 Å². The SMILES string of the molecule is Cc1cc(C)c(-c2ccnc(-c3cccc4c3oc3ccc(Cc5ccccc5)cc34)c2)c(C)c1. The Bertz CT molecular complexity index is 1670. The molecule has 0 radical (unpaired) electrons. The standard InChI is InChI=1S/C33H27NO/c1-21-16-22(2)32(23(3)17-21)26-14-15-34-30(20-26)28-11-7-10-27-29-19-25(12-13-31(29)35-33(27)28)18-24-8-5-4-6-9-24/h4-17,19-20H,18H2,1-3H3. The van der Waals surface area contributed by atoms with Gasteiger partial charge in [-0.2, -0.15) is 0 Å². The van der Waals surface area contributed by atoms with Gasteiger partial charge in [0.1, 0.15) is 11.2 Å². The summed E-state index contributed by atoms with van der Waals surface area (Å²) < 4.78 is 6.41. The monoisotopic (exact) mass is 453 g/mol. The number of pyridine rings is 1. The largest absolute Gasteiger partial charge is 0.455 e. The number of hydrogen-bond acceptors (Lipinski definition) is 2. The highest BCUT2D eigenvalue weighted by Gasteiger charge is 2.15. The Morgan fingerprint density at radius 1 is 0.686 bits per heavy atom. The van der Waals surface area contributed by atoms with Gasteiger partial charge in [-0.15, -0.1) is 0 Å². The molecule has 35 heavy (non-hydrogen) atoms. The van der Waals surface area contributed by atoms with E-state index < -0.39 is 0 Å². The Kier molecular flexibility index (Phi) is 5.22. The molecule has 2 heteroatoms. The average Bonchev–Trinajstić information content (AvgIpc) is 3.22. The van der Waals surface area contributed by atoms with Crippen molar-refractivity contribution < 1.29 is 4.42 Å². The van der Waals surface area contributed by atoms with Crippen LogP contribution in [0.2, 0.25) is 0 Å². The minimum atomic E-state index is 0.890. The third-order valence-corrected chi connectivity index (χ3v) is 6.81. The minimum Gasteiger partial charge on any atom is -0.455 e. The van der Waals surface area contributed by atoms with E-state index in [-0.39, 0.29) is 0 Å². The molecule has 170 valence electrons. The van der Waals surface area contributed by atoms with Crippen LogP contribution in [0.4, 0.5) is 0 Å². The predicted octanol–water partition coefficient (Wildman–Crippen LogP) is 8.83. The topological polar surface area (TPSA) is 26.0 Å². The number of benzene rings is 4. The van der Waals surface area contributed by atoms with Crippen LogP contribution in [0, 0.1) is 20.8 Å². The fraction of sp³-hybridized carbons (Fsp3) is 0.121. The van der Waals surface area contributed by atoms with E-state index in [0.29, 0.717) is 0 Å². The number of para-hydroxylation sites is 1. The lowest BCUT2D eigenvalue weighted by molar-refractivity contribution is 0.669. The normalized spacial score (nSPS) is 11.4. The van der Waals surface area contributed by atoms with E-state index in [1.165, 1.54) is 38.9 Å². The first-order valence-electron chi connectivity index (χ1n) is 12.1. The van der Waals surface area contributed by atoms with E-state index in [9.17, 15) is 0 Å². The molecule has 0 saturated carbocycles. The van der Waals surface area contributed by atoms with Gasteiger partial charge in [-0.3, -0.25) is 4.98 Å². The van der Waals surface area contributed by atoms with Crippen molar-refractivity contribution in [1.29, 1.82) is 0 Å². The fourth-order valence-electron chi connectivity index (χ4n) is 5.36. The quantitative estimate of drug-likeness (QED) is 0.266. The molecule has 0 unspecified atom stereocenters. The summed E-state index contributed by atoms with van der Waals surface area (Å²) in [5, 5.41) is 2.28. The van der Waals surface area contributed by atoms with Crippen LogP contribution in [-0.4, -0.2) is 4.98 Å². The molecule has 0 spiro atoms. The van der Waals surface area contributed by atoms with Crippen LogP contribution >= 0.6 is 0 Å². The van der Waals surface area contributed by atoms with E-state index in [1.807, 2.05) is 6.20 Å². The van der Waals surface area contributed by atoms with Crippen molar-refractivity contribution >= 4 is 21.9 Å². The summed E-state index contributed by atoms with van der Waals surface area (Å²) in [5.74, 6) is 0. The highest BCUT2D eigenvalue weighted by molar-refractivity contribution is 6.09. The maximum absolute atomic E-state index is 6.41. The maximum Gasteiger partial charge on any atom is 0.144 e. The van der Waals surface area contributed by atoms with Crippen molar-refractivity contribution in [1.82, 2.24) is 4.98 Å². The Hall–Kier alpha value is -4.17. The first kappa shape index (κ1) is 21.4. The lowest BCUT2D eigenvalue weighted by Crippen LogP contribution is -1.92. The number of rotatable bonds is 4. The van der Waals surface area contributed by atoms with Crippen LogP contribution in [0.25, 0.3) is 44.3 Å². The van der Waals surface area contributed by atoms with Crippen LogP contribution in [0.15, 0.2) is 102 Å². The third-order valence-electron chi connectivity index (χ3n) is 6.81. The second-order valence-corrected chi connectivity index (χ2v) is 9.48. The van der Waals surface area contributed by atoms with Gasteiger partial charge in [-0.05, 0) is 90.9 Å². The molecule has 0 amide bonds. The summed E-state index contributed by atoms with van der Waals surface area (Å²) in [7, 11) is 0. The Balaban J connectivity index is 1.46. The van der Waals surface area contributed by atoms with E-state index in [2.05, 4.69) is 112 Å². The lowest BCUT2D eigenvalue weighted by Gasteiger charge is -2.12. The van der Waals surface area contributed by atoms with Crippen molar-refractivity contribution in [3.63, 3.8) is 0 Å². The average molecular weight is 454 g/mol. The minimum absolute atomic E-state index is 0.890. The van der Waals surface area contributed by atoms with E-state index >= 15 is 0 Å². The Labute approximate surface area is 205 Å². The Morgan fingerprint density at radius 3 is 2.29 bits per heavy atom. The summed E-state index contributed by atoms with van der Waals surface area (Å²) in [6, 6.07) is 32.3. The van der Waals surface area contributed by atoms with Gasteiger partial charge < -0.3 is 4.42 Å². The number of nitrogens with zero attached hydrogens (tertiary/aromatic N) is 1. The number of aromatic nitrogens is 1. The van der Waals surface area contributed by atoms with Gasteiger partial charge in [-0.1, -0.05) is 66.2 Å². The van der Waals surface area contributed by atoms with Crippen molar-refractivity contribution in [3.8, 4) is 22.4 Å². The maximum atomic E-state index is 6.41. The molecule has 0 atom stereocenters. The van der Waals surface area contributed by atoms with Gasteiger partial charge >= 0.3 is 0 Å². The number of furan rings is 1. The van der Waals surface area contributed by atoms with Crippen LogP contribution in [-0.2, 0) is 6.42 Å².